The van der Waals surface area contributed by atoms with E-state index in [0.717, 1.165) is 18.0 Å². The van der Waals surface area contributed by atoms with Crippen molar-refractivity contribution in [1.82, 2.24) is 19.6 Å². The van der Waals surface area contributed by atoms with Crippen LogP contribution in [0.2, 0.25) is 0 Å². The van der Waals surface area contributed by atoms with Crippen molar-refractivity contribution in [2.75, 3.05) is 67.0 Å². The smallest absolute Gasteiger partial charge is 0.0347 e. The summed E-state index contributed by atoms with van der Waals surface area (Å²) in [5.41, 5.74) is 0. The van der Waals surface area contributed by atoms with Crippen molar-refractivity contribution in [2.45, 2.75) is 32.4 Å². The molecule has 0 aromatic rings. The Morgan fingerprint density at radius 1 is 1.00 bits per heavy atom. The summed E-state index contributed by atoms with van der Waals surface area (Å²) in [4.78, 5) is 10.2. The van der Waals surface area contributed by atoms with Crippen molar-refractivity contribution < 1.29 is 0 Å². The van der Waals surface area contributed by atoms with Gasteiger partial charge in [-0.1, -0.05) is 13.8 Å². The van der Waals surface area contributed by atoms with Crippen molar-refractivity contribution >= 4 is 0 Å². The van der Waals surface area contributed by atoms with Gasteiger partial charge >= 0.3 is 0 Å². The van der Waals surface area contributed by atoms with E-state index >= 15 is 0 Å². The van der Waals surface area contributed by atoms with Crippen LogP contribution in [-0.2, 0) is 0 Å². The van der Waals surface area contributed by atoms with Gasteiger partial charge in [0.05, 0.1) is 0 Å². The zero-order chi connectivity index (χ0) is 14.7. The lowest BCUT2D eigenvalue weighted by Crippen LogP contribution is -2.60. The minimum Gasteiger partial charge on any atom is -0.306 e. The predicted octanol–water partition coefficient (Wildman–Crippen LogP) is 0.894. The maximum Gasteiger partial charge on any atom is 0.0347 e. The highest BCUT2D eigenvalue weighted by molar-refractivity contribution is 4.91. The lowest BCUT2D eigenvalue weighted by Gasteiger charge is -2.47. The van der Waals surface area contributed by atoms with Gasteiger partial charge < -0.3 is 19.6 Å². The molecule has 2 atom stereocenters. The van der Waals surface area contributed by atoms with Gasteiger partial charge in [0.2, 0.25) is 0 Å². The van der Waals surface area contributed by atoms with E-state index < -0.39 is 0 Å². The average Bonchev–Trinajstić information content (AvgIpc) is 2.38. The first-order valence-electron chi connectivity index (χ1n) is 8.36. The SMILES string of the molecule is CCN(CC)C1CCN(C)CC1CN(C)C1CN(C)C1. The second-order valence-electron chi connectivity index (χ2n) is 6.91. The normalized spacial score (nSPS) is 30.1. The molecule has 0 spiro atoms. The van der Waals surface area contributed by atoms with Crippen LogP contribution in [0.15, 0.2) is 0 Å². The molecule has 2 unspecified atom stereocenters. The topological polar surface area (TPSA) is 13.0 Å². The molecule has 0 N–H and O–H groups in total. The summed E-state index contributed by atoms with van der Waals surface area (Å²) in [6.07, 6.45) is 1.33. The molecule has 2 rings (SSSR count). The molecule has 2 heterocycles. The third-order valence-electron chi connectivity index (χ3n) is 5.37. The van der Waals surface area contributed by atoms with Crippen LogP contribution in [0.1, 0.15) is 20.3 Å². The van der Waals surface area contributed by atoms with Crippen molar-refractivity contribution in [3.8, 4) is 0 Å². The van der Waals surface area contributed by atoms with Crippen LogP contribution in [-0.4, -0.2) is 98.6 Å². The van der Waals surface area contributed by atoms with E-state index in [4.69, 9.17) is 0 Å². The number of hydrogen-bond donors (Lipinski definition) is 0. The molecule has 0 radical (unpaired) electrons. The van der Waals surface area contributed by atoms with Gasteiger partial charge in [-0.3, -0.25) is 0 Å². The van der Waals surface area contributed by atoms with Gasteiger partial charge in [0.25, 0.3) is 0 Å². The van der Waals surface area contributed by atoms with Crippen LogP contribution in [0.4, 0.5) is 0 Å². The zero-order valence-corrected chi connectivity index (χ0v) is 14.2. The third-order valence-corrected chi connectivity index (χ3v) is 5.37. The minimum atomic E-state index is 0.779. The highest BCUT2D eigenvalue weighted by atomic mass is 15.3. The first-order valence-corrected chi connectivity index (χ1v) is 8.36. The van der Waals surface area contributed by atoms with Crippen molar-refractivity contribution in [3.63, 3.8) is 0 Å². The monoisotopic (exact) mass is 282 g/mol. The molecule has 20 heavy (non-hydrogen) atoms. The van der Waals surface area contributed by atoms with Gasteiger partial charge in [0.1, 0.15) is 0 Å². The van der Waals surface area contributed by atoms with E-state index in [-0.39, 0.29) is 0 Å². The Labute approximate surface area is 125 Å². The number of rotatable bonds is 6. The molecule has 0 aromatic carbocycles. The molecule has 0 aromatic heterocycles. The summed E-state index contributed by atoms with van der Waals surface area (Å²) < 4.78 is 0. The number of hydrogen-bond acceptors (Lipinski definition) is 4. The molecule has 2 aliphatic heterocycles. The quantitative estimate of drug-likeness (QED) is 0.717. The molecule has 4 heteroatoms. The Morgan fingerprint density at radius 3 is 2.20 bits per heavy atom. The van der Waals surface area contributed by atoms with E-state index in [2.05, 4.69) is 54.6 Å². The van der Waals surface area contributed by atoms with Gasteiger partial charge in [-0.25, -0.2) is 0 Å². The van der Waals surface area contributed by atoms with Crippen LogP contribution in [0.25, 0.3) is 0 Å². The molecule has 2 fully saturated rings. The Hall–Kier alpha value is -0.160. The van der Waals surface area contributed by atoms with Gasteiger partial charge in [0, 0.05) is 38.3 Å². The van der Waals surface area contributed by atoms with Gasteiger partial charge in [-0.05, 0) is 53.1 Å². The molecule has 4 nitrogen and oxygen atoms in total. The summed E-state index contributed by atoms with van der Waals surface area (Å²) in [5.74, 6) is 0.796. The average molecular weight is 282 g/mol. The lowest BCUT2D eigenvalue weighted by atomic mass is 9.89. The number of piperidine rings is 1. The molecular weight excluding hydrogens is 248 g/mol. The fourth-order valence-electron chi connectivity index (χ4n) is 4.02. The standard InChI is InChI=1S/C16H34N4/c1-6-20(7-2)16-8-9-17(3)10-14(16)11-19(5)15-12-18(4)13-15/h14-16H,6-13H2,1-5H3. The van der Waals surface area contributed by atoms with E-state index in [1.807, 2.05) is 0 Å². The van der Waals surface area contributed by atoms with Crippen molar-refractivity contribution in [3.05, 3.63) is 0 Å². The molecule has 118 valence electrons. The van der Waals surface area contributed by atoms with Crippen LogP contribution < -0.4 is 0 Å². The number of nitrogens with zero attached hydrogens (tertiary/aromatic N) is 4. The minimum absolute atomic E-state index is 0.779. The van der Waals surface area contributed by atoms with E-state index in [1.54, 1.807) is 0 Å². The molecule has 0 saturated carbocycles. The Balaban J connectivity index is 1.93. The Kier molecular flexibility index (Phi) is 5.84. The first-order chi connectivity index (χ1) is 9.55. The summed E-state index contributed by atoms with van der Waals surface area (Å²) in [6, 6.07) is 1.56. The fourth-order valence-corrected chi connectivity index (χ4v) is 4.02. The molecule has 0 bridgehead atoms. The first kappa shape index (κ1) is 16.2. The largest absolute Gasteiger partial charge is 0.306 e. The van der Waals surface area contributed by atoms with Crippen LogP contribution in [0.5, 0.6) is 0 Å². The Morgan fingerprint density at radius 2 is 1.65 bits per heavy atom. The fraction of sp³-hybridized carbons (Fsp3) is 1.00. The molecule has 2 aliphatic rings. The lowest BCUT2D eigenvalue weighted by molar-refractivity contribution is 0.0172. The van der Waals surface area contributed by atoms with Crippen LogP contribution >= 0.6 is 0 Å². The highest BCUT2D eigenvalue weighted by Crippen LogP contribution is 2.24. The second kappa shape index (κ2) is 7.21. The molecular formula is C16H34N4. The molecule has 2 saturated heterocycles. The maximum atomic E-state index is 2.68. The predicted molar refractivity (Wildman–Crippen MR) is 86.2 cm³/mol. The highest BCUT2D eigenvalue weighted by Gasteiger charge is 2.34. The van der Waals surface area contributed by atoms with Crippen LogP contribution in [0, 0.1) is 5.92 Å². The summed E-state index contributed by atoms with van der Waals surface area (Å²) in [5, 5.41) is 0. The summed E-state index contributed by atoms with van der Waals surface area (Å²) >= 11 is 0. The van der Waals surface area contributed by atoms with Gasteiger partial charge in [0.15, 0.2) is 0 Å². The number of likely N-dealkylation sites (N-methyl/N-ethyl adjacent to an activating group) is 2. The van der Waals surface area contributed by atoms with E-state index in [0.29, 0.717) is 0 Å². The van der Waals surface area contributed by atoms with Crippen molar-refractivity contribution in [2.24, 2.45) is 5.92 Å². The van der Waals surface area contributed by atoms with Gasteiger partial charge in [-0.2, -0.15) is 0 Å². The summed E-state index contributed by atoms with van der Waals surface area (Å²) in [7, 11) is 6.82. The molecule has 0 aliphatic carbocycles. The third kappa shape index (κ3) is 3.73. The second-order valence-corrected chi connectivity index (χ2v) is 6.91. The zero-order valence-electron chi connectivity index (χ0n) is 14.2. The van der Waals surface area contributed by atoms with E-state index in [9.17, 15) is 0 Å². The molecule has 0 amide bonds. The van der Waals surface area contributed by atoms with Crippen LogP contribution in [0.3, 0.4) is 0 Å². The number of likely N-dealkylation sites (tertiary alicyclic amines) is 2. The summed E-state index contributed by atoms with van der Waals surface area (Å²) in [6.45, 7) is 13.3. The van der Waals surface area contributed by atoms with Gasteiger partial charge in [-0.15, -0.1) is 0 Å². The Bertz CT molecular complexity index is 286. The maximum absolute atomic E-state index is 2.68. The van der Waals surface area contributed by atoms with E-state index in [1.165, 1.54) is 52.2 Å². The van der Waals surface area contributed by atoms with Crippen molar-refractivity contribution in [1.29, 1.82) is 0 Å².